The highest BCUT2D eigenvalue weighted by molar-refractivity contribution is 6.74. The zero-order valence-electron chi connectivity index (χ0n) is 21.8. The number of carbonyl (C=O) groups excluding carboxylic acids is 2. The summed E-state index contributed by atoms with van der Waals surface area (Å²) in [5, 5.41) is 13.0. The van der Waals surface area contributed by atoms with Gasteiger partial charge in [0.05, 0.1) is 30.2 Å². The number of ketones is 1. The third-order valence-corrected chi connectivity index (χ3v) is 11.6. The van der Waals surface area contributed by atoms with Crippen LogP contribution in [0.1, 0.15) is 49.2 Å². The maximum atomic E-state index is 14.7. The molecule has 194 valence electrons. The van der Waals surface area contributed by atoms with Crippen molar-refractivity contribution in [1.82, 2.24) is 5.32 Å². The van der Waals surface area contributed by atoms with Crippen LogP contribution < -0.4 is 9.74 Å². The maximum absolute atomic E-state index is 14.7. The standard InChI is InChI=1S/C27H34ClFN2O4Si/c1-16-18(9-11-22(30-6)25(16)28)13-20(17(2)32)26(34)31-15-23(33)19-10-12-24(21(29)14-19)35-36(7,8)27(3,4)5/h9-12,14,17,20,32H,13,15H2,1-5,7-8H3,(H,31,34)/t17-,20+/m0/s1. The van der Waals surface area contributed by atoms with Crippen LogP contribution in [0.15, 0.2) is 30.3 Å². The number of aliphatic hydroxyl groups excluding tert-OH is 1. The second-order valence-corrected chi connectivity index (χ2v) is 15.6. The van der Waals surface area contributed by atoms with E-state index in [4.69, 9.17) is 22.6 Å². The lowest BCUT2D eigenvalue weighted by Crippen LogP contribution is -2.44. The van der Waals surface area contributed by atoms with Crippen LogP contribution in [-0.2, 0) is 11.2 Å². The Kier molecular flexibility index (Phi) is 9.46. The van der Waals surface area contributed by atoms with Gasteiger partial charge in [0.2, 0.25) is 11.6 Å². The van der Waals surface area contributed by atoms with E-state index in [1.807, 2.05) is 13.1 Å². The van der Waals surface area contributed by atoms with E-state index in [0.717, 1.165) is 11.6 Å². The van der Waals surface area contributed by atoms with Gasteiger partial charge in [-0.2, -0.15) is 0 Å². The van der Waals surface area contributed by atoms with Crippen molar-refractivity contribution in [2.45, 2.75) is 65.3 Å². The molecule has 9 heteroatoms. The van der Waals surface area contributed by atoms with E-state index >= 15 is 0 Å². The summed E-state index contributed by atoms with van der Waals surface area (Å²) < 4.78 is 20.7. The monoisotopic (exact) mass is 532 g/mol. The van der Waals surface area contributed by atoms with Crippen molar-refractivity contribution in [3.05, 3.63) is 69.3 Å². The fourth-order valence-electron chi connectivity index (χ4n) is 3.32. The quantitative estimate of drug-likeness (QED) is 0.227. The second-order valence-electron chi connectivity index (χ2n) is 10.5. The van der Waals surface area contributed by atoms with Gasteiger partial charge < -0.3 is 14.8 Å². The van der Waals surface area contributed by atoms with Gasteiger partial charge in [-0.3, -0.25) is 9.59 Å². The minimum atomic E-state index is -2.25. The average Bonchev–Trinajstić information content (AvgIpc) is 2.78. The molecule has 2 rings (SSSR count). The van der Waals surface area contributed by atoms with Crippen LogP contribution >= 0.6 is 11.6 Å². The number of rotatable bonds is 9. The van der Waals surface area contributed by atoms with Gasteiger partial charge in [0, 0.05) is 5.56 Å². The SMILES string of the molecule is [C-]#[N+]c1ccc(C[C@@H](C(=O)NCC(=O)c2ccc(O[Si](C)(C)C(C)(C)C)c(F)c2)[C@H](C)O)c(C)c1Cl. The van der Waals surface area contributed by atoms with Crippen LogP contribution in [0.2, 0.25) is 23.2 Å². The summed E-state index contributed by atoms with van der Waals surface area (Å²) >= 11 is 6.23. The molecule has 0 spiro atoms. The Bertz CT molecular complexity index is 1190. The summed E-state index contributed by atoms with van der Waals surface area (Å²) in [5.74, 6) is -2.35. The fraction of sp³-hybridized carbons (Fsp3) is 0.444. The second kappa shape index (κ2) is 11.5. The van der Waals surface area contributed by atoms with E-state index in [-0.39, 0.29) is 29.3 Å². The molecule has 0 aliphatic carbocycles. The van der Waals surface area contributed by atoms with Crippen molar-refractivity contribution < 1.29 is 23.5 Å². The van der Waals surface area contributed by atoms with Crippen LogP contribution in [-0.4, -0.2) is 37.8 Å². The van der Waals surface area contributed by atoms with Gasteiger partial charge in [-0.25, -0.2) is 9.24 Å². The normalized spacial score (nSPS) is 13.5. The van der Waals surface area contributed by atoms with Crippen molar-refractivity contribution >= 4 is 37.3 Å². The predicted molar refractivity (Wildman–Crippen MR) is 143 cm³/mol. The van der Waals surface area contributed by atoms with E-state index in [9.17, 15) is 19.1 Å². The number of Topliss-reactive ketones (excluding diaryl/α,β-unsaturated/α-hetero) is 1. The molecule has 0 unspecified atom stereocenters. The zero-order chi connectivity index (χ0) is 27.4. The molecule has 36 heavy (non-hydrogen) atoms. The number of hydrogen-bond acceptors (Lipinski definition) is 4. The predicted octanol–water partition coefficient (Wildman–Crippen LogP) is 6.26. The number of nitrogens with one attached hydrogen (secondary N) is 1. The number of amides is 1. The first-order valence-electron chi connectivity index (χ1n) is 11.7. The van der Waals surface area contributed by atoms with Crippen LogP contribution in [0.25, 0.3) is 4.85 Å². The smallest absolute Gasteiger partial charge is 0.250 e. The van der Waals surface area contributed by atoms with Crippen LogP contribution in [0.4, 0.5) is 10.1 Å². The number of carbonyl (C=O) groups is 2. The van der Waals surface area contributed by atoms with E-state index in [1.165, 1.54) is 19.1 Å². The Hall–Kier alpha value is -2.73. The number of halogens is 2. The molecule has 2 atom stereocenters. The third kappa shape index (κ3) is 6.93. The maximum Gasteiger partial charge on any atom is 0.250 e. The van der Waals surface area contributed by atoms with Crippen LogP contribution in [0, 0.1) is 25.2 Å². The Morgan fingerprint density at radius 2 is 1.89 bits per heavy atom. The zero-order valence-corrected chi connectivity index (χ0v) is 23.6. The van der Waals surface area contributed by atoms with Crippen molar-refractivity contribution in [2.75, 3.05) is 6.54 Å². The summed E-state index contributed by atoms with van der Waals surface area (Å²) in [6.07, 6.45) is -0.821. The number of hydrogen-bond donors (Lipinski definition) is 2. The molecule has 2 N–H and O–H groups in total. The first-order chi connectivity index (χ1) is 16.6. The molecule has 0 aliphatic heterocycles. The average molecular weight is 533 g/mol. The Morgan fingerprint density at radius 3 is 2.42 bits per heavy atom. The Labute approximate surface area is 218 Å². The first-order valence-corrected chi connectivity index (χ1v) is 15.0. The first kappa shape index (κ1) is 29.5. The van der Waals surface area contributed by atoms with Gasteiger partial charge in [-0.15, -0.1) is 0 Å². The van der Waals surface area contributed by atoms with E-state index in [2.05, 4.69) is 30.9 Å². The molecule has 0 aliphatic rings. The number of benzene rings is 2. The van der Waals surface area contributed by atoms with Gasteiger partial charge >= 0.3 is 0 Å². The molecular weight excluding hydrogens is 499 g/mol. The van der Waals surface area contributed by atoms with Crippen LogP contribution in [0.5, 0.6) is 5.75 Å². The molecule has 1 amide bonds. The van der Waals surface area contributed by atoms with Gasteiger partial charge in [-0.1, -0.05) is 44.5 Å². The summed E-state index contributed by atoms with van der Waals surface area (Å²) in [7, 11) is -2.25. The summed E-state index contributed by atoms with van der Waals surface area (Å²) in [4.78, 5) is 28.8. The highest BCUT2D eigenvalue weighted by atomic mass is 35.5. The number of nitrogens with zero attached hydrogens (tertiary/aromatic N) is 1. The van der Waals surface area contributed by atoms with Crippen molar-refractivity contribution in [1.29, 1.82) is 0 Å². The lowest BCUT2D eigenvalue weighted by atomic mass is 9.91. The van der Waals surface area contributed by atoms with Gasteiger partial charge in [0.1, 0.15) is 5.75 Å². The molecule has 0 aromatic heterocycles. The summed E-state index contributed by atoms with van der Waals surface area (Å²) in [5.41, 5.74) is 1.81. The third-order valence-electron chi connectivity index (χ3n) is 6.81. The molecule has 6 nitrogen and oxygen atoms in total. The van der Waals surface area contributed by atoms with E-state index in [1.54, 1.807) is 19.1 Å². The fourth-order valence-corrected chi connectivity index (χ4v) is 4.57. The Balaban J connectivity index is 2.10. The van der Waals surface area contributed by atoms with Gasteiger partial charge in [0.25, 0.3) is 8.32 Å². The lowest BCUT2D eigenvalue weighted by Gasteiger charge is -2.36. The van der Waals surface area contributed by atoms with Gasteiger partial charge in [0.15, 0.2) is 11.6 Å². The highest BCUT2D eigenvalue weighted by Gasteiger charge is 2.39. The van der Waals surface area contributed by atoms with E-state index < -0.39 is 37.8 Å². The molecule has 0 heterocycles. The highest BCUT2D eigenvalue weighted by Crippen LogP contribution is 2.38. The Morgan fingerprint density at radius 1 is 1.25 bits per heavy atom. The summed E-state index contributed by atoms with van der Waals surface area (Å²) in [6.45, 7) is 20.2. The minimum absolute atomic E-state index is 0.106. The summed E-state index contributed by atoms with van der Waals surface area (Å²) in [6, 6.07) is 7.33. The van der Waals surface area contributed by atoms with Gasteiger partial charge in [-0.05, 0) is 67.7 Å². The minimum Gasteiger partial charge on any atom is -0.542 e. The lowest BCUT2D eigenvalue weighted by molar-refractivity contribution is -0.127. The molecule has 0 radical (unpaired) electrons. The molecule has 0 fully saturated rings. The van der Waals surface area contributed by atoms with Crippen molar-refractivity contribution in [2.24, 2.45) is 5.92 Å². The van der Waals surface area contributed by atoms with Crippen molar-refractivity contribution in [3.63, 3.8) is 0 Å². The molecule has 0 bridgehead atoms. The molecule has 2 aromatic rings. The van der Waals surface area contributed by atoms with Crippen LogP contribution in [0.3, 0.4) is 0 Å². The molecule has 2 aromatic carbocycles. The molecule has 0 saturated carbocycles. The largest absolute Gasteiger partial charge is 0.542 e. The van der Waals surface area contributed by atoms with Crippen molar-refractivity contribution in [3.8, 4) is 5.75 Å². The molecule has 0 saturated heterocycles. The topological polar surface area (TPSA) is 80.0 Å². The molecular formula is C27H34ClFN2O4Si. The van der Waals surface area contributed by atoms with E-state index in [0.29, 0.717) is 16.3 Å². The number of aliphatic hydroxyl groups is 1.